The van der Waals surface area contributed by atoms with E-state index in [1.54, 1.807) is 12.4 Å². The summed E-state index contributed by atoms with van der Waals surface area (Å²) >= 11 is 0. The Balaban J connectivity index is 1.21. The number of nitrogens with zero attached hydrogens (tertiary/aromatic N) is 6. The summed E-state index contributed by atoms with van der Waals surface area (Å²) in [5.41, 5.74) is 11.0. The van der Waals surface area contributed by atoms with Gasteiger partial charge in [0.05, 0.1) is 44.5 Å². The van der Waals surface area contributed by atoms with E-state index >= 15 is 0 Å². The molecule has 4 heterocycles. The monoisotopic (exact) mass is 714 g/mol. The highest BCUT2D eigenvalue weighted by Gasteiger charge is 2.21. The first-order valence-electron chi connectivity index (χ1n) is 18.8. The van der Waals surface area contributed by atoms with E-state index in [1.165, 1.54) is 16.3 Å². The standard InChI is InChI=1S/C50H30N6/c1-4-14-31(15-5-1)42-30-43(32-16-6-2-7-17-32)54-50(53-42)56-45-23-13-11-21-35(45)39-27-37-36-26-38-34-20-10-12-22-44(34)55(33-18-8-3-9-19-33)46(38)28-40(36)48-49(52-25-24-51-48)41(37)29-47(39)56/h1-30H. The molecule has 8 aromatic carbocycles. The largest absolute Gasteiger partial charge is 0.309 e. The van der Waals surface area contributed by atoms with E-state index in [0.717, 1.165) is 88.1 Å². The first-order chi connectivity index (χ1) is 27.8. The molecule has 0 saturated heterocycles. The van der Waals surface area contributed by atoms with Crippen molar-refractivity contribution >= 4 is 76.2 Å². The molecule has 0 bridgehead atoms. The Morgan fingerprint density at radius 2 is 0.768 bits per heavy atom. The van der Waals surface area contributed by atoms with Gasteiger partial charge in [0.1, 0.15) is 0 Å². The van der Waals surface area contributed by atoms with Crippen molar-refractivity contribution in [2.24, 2.45) is 0 Å². The van der Waals surface area contributed by atoms with Crippen LogP contribution in [0.5, 0.6) is 0 Å². The fourth-order valence-electron chi connectivity index (χ4n) is 8.72. The van der Waals surface area contributed by atoms with Gasteiger partial charge < -0.3 is 4.57 Å². The maximum Gasteiger partial charge on any atom is 0.235 e. The molecule has 12 rings (SSSR count). The number of fused-ring (bicyclic) bond motifs is 12. The number of rotatable bonds is 4. The maximum absolute atomic E-state index is 5.28. The minimum atomic E-state index is 0.613. The van der Waals surface area contributed by atoms with Crippen LogP contribution in [0.15, 0.2) is 182 Å². The highest BCUT2D eigenvalue weighted by molar-refractivity contribution is 6.30. The summed E-state index contributed by atoms with van der Waals surface area (Å²) in [7, 11) is 0. The number of hydrogen-bond donors (Lipinski definition) is 0. The summed E-state index contributed by atoms with van der Waals surface area (Å²) in [6, 6.07) is 59.9. The molecule has 0 aliphatic heterocycles. The Morgan fingerprint density at radius 3 is 1.30 bits per heavy atom. The van der Waals surface area contributed by atoms with Gasteiger partial charge >= 0.3 is 0 Å². The summed E-state index contributed by atoms with van der Waals surface area (Å²) in [6.07, 6.45) is 3.60. The van der Waals surface area contributed by atoms with Crippen molar-refractivity contribution in [3.8, 4) is 34.2 Å². The van der Waals surface area contributed by atoms with Crippen molar-refractivity contribution in [2.75, 3.05) is 0 Å². The molecule has 0 amide bonds. The molecular weight excluding hydrogens is 685 g/mol. The summed E-state index contributed by atoms with van der Waals surface area (Å²) in [5.74, 6) is 0.613. The maximum atomic E-state index is 5.28. The van der Waals surface area contributed by atoms with E-state index in [1.807, 2.05) is 12.1 Å². The van der Waals surface area contributed by atoms with Crippen LogP contribution in [0.4, 0.5) is 0 Å². The zero-order valence-corrected chi connectivity index (χ0v) is 30.0. The first kappa shape index (κ1) is 30.7. The Bertz CT molecular complexity index is 3460. The van der Waals surface area contributed by atoms with Gasteiger partial charge in [-0.2, -0.15) is 0 Å². The van der Waals surface area contributed by atoms with E-state index in [9.17, 15) is 0 Å². The fourth-order valence-corrected chi connectivity index (χ4v) is 8.72. The molecule has 0 fully saturated rings. The van der Waals surface area contributed by atoms with Gasteiger partial charge in [-0.3, -0.25) is 14.5 Å². The average molecular weight is 715 g/mol. The van der Waals surface area contributed by atoms with Crippen LogP contribution in [-0.4, -0.2) is 29.1 Å². The van der Waals surface area contributed by atoms with Crippen LogP contribution >= 0.6 is 0 Å². The minimum Gasteiger partial charge on any atom is -0.309 e. The number of hydrogen-bond acceptors (Lipinski definition) is 4. The zero-order chi connectivity index (χ0) is 36.7. The quantitative estimate of drug-likeness (QED) is 0.170. The Labute approximate surface area is 320 Å². The second kappa shape index (κ2) is 11.9. The predicted octanol–water partition coefficient (Wildman–Crippen LogP) is 12.3. The topological polar surface area (TPSA) is 61.4 Å². The molecule has 0 atom stereocenters. The van der Waals surface area contributed by atoms with Crippen molar-refractivity contribution in [3.63, 3.8) is 0 Å². The van der Waals surface area contributed by atoms with Gasteiger partial charge in [-0.05, 0) is 65.4 Å². The van der Waals surface area contributed by atoms with Crippen LogP contribution in [0, 0.1) is 0 Å². The lowest BCUT2D eigenvalue weighted by molar-refractivity contribution is 0.996. The molecule has 0 radical (unpaired) electrons. The third kappa shape index (κ3) is 4.50. The lowest BCUT2D eigenvalue weighted by atomic mass is 9.96. The van der Waals surface area contributed by atoms with Crippen molar-refractivity contribution in [2.45, 2.75) is 0 Å². The number of aromatic nitrogens is 6. The second-order valence-corrected chi connectivity index (χ2v) is 14.3. The molecule has 6 heteroatoms. The summed E-state index contributed by atoms with van der Waals surface area (Å²) < 4.78 is 4.58. The molecule has 12 aromatic rings. The minimum absolute atomic E-state index is 0.613. The van der Waals surface area contributed by atoms with E-state index in [-0.39, 0.29) is 0 Å². The fraction of sp³-hybridized carbons (Fsp3) is 0. The van der Waals surface area contributed by atoms with Gasteiger partial charge in [-0.25, -0.2) is 9.97 Å². The molecule has 0 N–H and O–H groups in total. The second-order valence-electron chi connectivity index (χ2n) is 14.3. The van der Waals surface area contributed by atoms with Gasteiger partial charge in [0.2, 0.25) is 5.95 Å². The molecule has 0 aliphatic rings. The van der Waals surface area contributed by atoms with Gasteiger partial charge in [0.15, 0.2) is 0 Å². The number of benzene rings is 8. The van der Waals surface area contributed by atoms with Gasteiger partial charge in [-0.15, -0.1) is 0 Å². The molecule has 56 heavy (non-hydrogen) atoms. The molecule has 0 unspecified atom stereocenters. The summed E-state index contributed by atoms with van der Waals surface area (Å²) in [6.45, 7) is 0. The van der Waals surface area contributed by atoms with Crippen LogP contribution < -0.4 is 0 Å². The van der Waals surface area contributed by atoms with Crippen LogP contribution in [-0.2, 0) is 0 Å². The predicted molar refractivity (Wildman–Crippen MR) is 230 cm³/mol. The lowest BCUT2D eigenvalue weighted by Crippen LogP contribution is -2.04. The number of para-hydroxylation sites is 3. The van der Waals surface area contributed by atoms with Gasteiger partial charge in [0.25, 0.3) is 0 Å². The van der Waals surface area contributed by atoms with E-state index in [4.69, 9.17) is 19.9 Å². The first-order valence-corrected chi connectivity index (χ1v) is 18.8. The van der Waals surface area contributed by atoms with Crippen molar-refractivity contribution in [1.29, 1.82) is 0 Å². The highest BCUT2D eigenvalue weighted by atomic mass is 15.2. The van der Waals surface area contributed by atoms with E-state index < -0.39 is 0 Å². The normalized spacial score (nSPS) is 11.9. The lowest BCUT2D eigenvalue weighted by Gasteiger charge is -2.13. The molecular formula is C50H30N6. The molecule has 0 spiro atoms. The van der Waals surface area contributed by atoms with Crippen LogP contribution in [0.25, 0.3) is 110 Å². The zero-order valence-electron chi connectivity index (χ0n) is 30.0. The van der Waals surface area contributed by atoms with Crippen LogP contribution in [0.1, 0.15) is 0 Å². The third-order valence-electron chi connectivity index (χ3n) is 11.2. The Kier molecular flexibility index (Phi) is 6.53. The van der Waals surface area contributed by atoms with Crippen molar-refractivity contribution < 1.29 is 0 Å². The van der Waals surface area contributed by atoms with Gasteiger partial charge in [-0.1, -0.05) is 115 Å². The Hall–Kier alpha value is -7.70. The molecule has 0 saturated carbocycles. The summed E-state index contributed by atoms with van der Waals surface area (Å²) in [4.78, 5) is 20.6. The molecule has 6 nitrogen and oxygen atoms in total. The molecule has 260 valence electrons. The van der Waals surface area contributed by atoms with Crippen molar-refractivity contribution in [3.05, 3.63) is 182 Å². The highest BCUT2D eigenvalue weighted by Crippen LogP contribution is 2.43. The van der Waals surface area contributed by atoms with Crippen LogP contribution in [0.3, 0.4) is 0 Å². The smallest absolute Gasteiger partial charge is 0.235 e. The van der Waals surface area contributed by atoms with Crippen LogP contribution in [0.2, 0.25) is 0 Å². The SMILES string of the molecule is c1ccc(-c2cc(-c3ccccc3)nc(-n3c4ccccc4c4cc5c6cc7c8ccccc8n(-c8ccccc8)c7cc6c6nccnc6c5cc43)n2)cc1. The molecule has 4 aromatic heterocycles. The molecule has 0 aliphatic carbocycles. The van der Waals surface area contributed by atoms with E-state index in [0.29, 0.717) is 5.95 Å². The van der Waals surface area contributed by atoms with Crippen molar-refractivity contribution in [1.82, 2.24) is 29.1 Å². The van der Waals surface area contributed by atoms with E-state index in [2.05, 4.69) is 167 Å². The average Bonchev–Trinajstić information content (AvgIpc) is 3.78. The summed E-state index contributed by atoms with van der Waals surface area (Å²) in [5, 5.41) is 9.04. The Morgan fingerprint density at radius 1 is 0.321 bits per heavy atom. The van der Waals surface area contributed by atoms with Gasteiger partial charge in [0, 0.05) is 61.5 Å². The third-order valence-corrected chi connectivity index (χ3v) is 11.2.